The fourth-order valence-electron chi connectivity index (χ4n) is 1.12. The van der Waals surface area contributed by atoms with Crippen LogP contribution in [0.5, 0.6) is 0 Å². The number of nitrogens with two attached hydrogens (primary N) is 2. The second kappa shape index (κ2) is 8.66. The maximum atomic E-state index is 11.6. The Hall–Kier alpha value is 0.540. The van der Waals surface area contributed by atoms with Crippen molar-refractivity contribution in [1.82, 2.24) is 0 Å². The lowest BCUT2D eigenvalue weighted by atomic mass is 10.3. The van der Waals surface area contributed by atoms with Gasteiger partial charge in [-0.1, -0.05) is 26.7 Å². The van der Waals surface area contributed by atoms with Gasteiger partial charge >= 0.3 is 0 Å². The van der Waals surface area contributed by atoms with E-state index in [9.17, 15) is 9.11 Å². The molecule has 4 nitrogen and oxygen atoms in total. The molecule has 0 aromatic rings. The molecule has 0 heterocycles. The third-order valence-corrected chi connectivity index (χ3v) is 5.73. The zero-order chi connectivity index (χ0) is 11.8. The SMILES string of the molecule is CCCC(N)[S+]([O-])C[S+]([O-])C(N)CCC. The summed E-state index contributed by atoms with van der Waals surface area (Å²) in [6, 6.07) is 0. The van der Waals surface area contributed by atoms with Crippen LogP contribution in [0.3, 0.4) is 0 Å². The Bertz CT molecular complexity index is 147. The maximum Gasteiger partial charge on any atom is 0.256 e. The summed E-state index contributed by atoms with van der Waals surface area (Å²) in [6.45, 7) is 3.97. The van der Waals surface area contributed by atoms with Crippen LogP contribution in [0.2, 0.25) is 0 Å². The molecular formula is C9H22N2O2S2. The van der Waals surface area contributed by atoms with Crippen LogP contribution in [-0.2, 0) is 22.4 Å². The lowest BCUT2D eigenvalue weighted by molar-refractivity contribution is 0.561. The Kier molecular flexibility index (Phi) is 8.98. The average molecular weight is 254 g/mol. The second-order valence-corrected chi connectivity index (χ2v) is 7.21. The zero-order valence-corrected chi connectivity index (χ0v) is 11.1. The predicted molar refractivity (Wildman–Crippen MR) is 66.9 cm³/mol. The van der Waals surface area contributed by atoms with Gasteiger partial charge in [-0.3, -0.25) is 11.5 Å². The van der Waals surface area contributed by atoms with Crippen molar-refractivity contribution >= 4 is 22.4 Å². The smallest absolute Gasteiger partial charge is 0.256 e. The first-order valence-electron chi connectivity index (χ1n) is 5.28. The standard InChI is InChI=1S/C9H22N2O2S2/c1-3-5-8(10)14(12)7-15(13)9(11)6-4-2/h8-9H,3-7,10-11H2,1-2H3. The van der Waals surface area contributed by atoms with Crippen LogP contribution >= 0.6 is 0 Å². The molecule has 0 fully saturated rings. The van der Waals surface area contributed by atoms with E-state index in [2.05, 4.69) is 0 Å². The first-order chi connectivity index (χ1) is 7.02. The molecule has 6 heteroatoms. The molecule has 0 radical (unpaired) electrons. The summed E-state index contributed by atoms with van der Waals surface area (Å²) in [5, 5.41) is -0.622. The van der Waals surface area contributed by atoms with Crippen molar-refractivity contribution in [2.45, 2.75) is 50.3 Å². The predicted octanol–water partition coefficient (Wildman–Crippen LogP) is 0.611. The molecule has 0 saturated carbocycles. The number of rotatable bonds is 8. The van der Waals surface area contributed by atoms with Crippen molar-refractivity contribution in [2.75, 3.05) is 5.08 Å². The molecule has 0 bridgehead atoms. The van der Waals surface area contributed by atoms with Crippen LogP contribution in [0.15, 0.2) is 0 Å². The summed E-state index contributed by atoms with van der Waals surface area (Å²) in [4.78, 5) is 0. The highest BCUT2D eigenvalue weighted by Crippen LogP contribution is 2.11. The van der Waals surface area contributed by atoms with E-state index in [1.807, 2.05) is 13.8 Å². The highest BCUT2D eigenvalue weighted by molar-refractivity contribution is 8.08. The molecule has 0 amide bonds. The van der Waals surface area contributed by atoms with Crippen molar-refractivity contribution in [2.24, 2.45) is 11.5 Å². The van der Waals surface area contributed by atoms with Crippen molar-refractivity contribution in [3.05, 3.63) is 0 Å². The molecule has 0 aliphatic heterocycles. The molecular weight excluding hydrogens is 232 g/mol. The Balaban J connectivity index is 3.88. The molecule has 0 spiro atoms. The van der Waals surface area contributed by atoms with Gasteiger partial charge in [-0.2, -0.15) is 0 Å². The second-order valence-electron chi connectivity index (χ2n) is 3.53. The van der Waals surface area contributed by atoms with Gasteiger partial charge in [0.15, 0.2) is 10.7 Å². The molecule has 0 aliphatic carbocycles. The zero-order valence-electron chi connectivity index (χ0n) is 9.48. The molecule has 0 saturated heterocycles. The minimum Gasteiger partial charge on any atom is -0.611 e. The van der Waals surface area contributed by atoms with Gasteiger partial charge in [0, 0.05) is 35.2 Å². The summed E-state index contributed by atoms with van der Waals surface area (Å²) in [5.41, 5.74) is 11.3. The molecule has 0 aliphatic rings. The minimum atomic E-state index is -1.22. The third kappa shape index (κ3) is 6.65. The van der Waals surface area contributed by atoms with E-state index in [0.717, 1.165) is 12.8 Å². The molecule has 4 atom stereocenters. The molecule has 0 aromatic heterocycles. The van der Waals surface area contributed by atoms with Crippen LogP contribution in [0.25, 0.3) is 0 Å². The summed E-state index contributed by atoms with van der Waals surface area (Å²) in [5.74, 6) is 0. The van der Waals surface area contributed by atoms with E-state index in [1.165, 1.54) is 0 Å². The van der Waals surface area contributed by atoms with Crippen LogP contribution in [-0.4, -0.2) is 24.9 Å². The van der Waals surface area contributed by atoms with E-state index in [4.69, 9.17) is 11.5 Å². The van der Waals surface area contributed by atoms with E-state index in [1.54, 1.807) is 0 Å². The summed E-state index contributed by atoms with van der Waals surface area (Å²) >= 11 is -2.44. The lowest BCUT2D eigenvalue weighted by Gasteiger charge is -2.21. The van der Waals surface area contributed by atoms with Gasteiger partial charge in [0.1, 0.15) is 0 Å². The number of hydrogen-bond donors (Lipinski definition) is 2. The first-order valence-corrected chi connectivity index (χ1v) is 8.04. The highest BCUT2D eigenvalue weighted by Gasteiger charge is 2.27. The van der Waals surface area contributed by atoms with Crippen LogP contribution in [0.4, 0.5) is 0 Å². The minimum absolute atomic E-state index is 0.113. The van der Waals surface area contributed by atoms with Crippen LogP contribution in [0.1, 0.15) is 39.5 Å². The Morgan fingerprint density at radius 1 is 0.933 bits per heavy atom. The fourth-order valence-corrected chi connectivity index (χ4v) is 4.43. The van der Waals surface area contributed by atoms with Crippen LogP contribution < -0.4 is 11.5 Å². The molecule has 92 valence electrons. The van der Waals surface area contributed by atoms with Gasteiger partial charge in [-0.25, -0.2) is 0 Å². The summed E-state index contributed by atoms with van der Waals surface area (Å²) in [6.07, 6.45) is 3.18. The van der Waals surface area contributed by atoms with Gasteiger partial charge in [-0.15, -0.1) is 0 Å². The Morgan fingerprint density at radius 2 is 1.27 bits per heavy atom. The quantitative estimate of drug-likeness (QED) is 0.620. The van der Waals surface area contributed by atoms with Gasteiger partial charge < -0.3 is 9.11 Å². The first kappa shape index (κ1) is 15.5. The van der Waals surface area contributed by atoms with E-state index in [0.29, 0.717) is 12.8 Å². The highest BCUT2D eigenvalue weighted by atomic mass is 32.3. The topological polar surface area (TPSA) is 98.2 Å². The van der Waals surface area contributed by atoms with Gasteiger partial charge in [-0.05, 0) is 0 Å². The largest absolute Gasteiger partial charge is 0.611 e. The third-order valence-electron chi connectivity index (χ3n) is 2.05. The van der Waals surface area contributed by atoms with Crippen molar-refractivity contribution in [3.63, 3.8) is 0 Å². The van der Waals surface area contributed by atoms with E-state index in [-0.39, 0.29) is 15.8 Å². The van der Waals surface area contributed by atoms with Gasteiger partial charge in [0.05, 0.1) is 0 Å². The molecule has 15 heavy (non-hydrogen) atoms. The molecule has 4 N–H and O–H groups in total. The summed E-state index contributed by atoms with van der Waals surface area (Å²) in [7, 11) is 0. The Morgan fingerprint density at radius 3 is 1.53 bits per heavy atom. The molecule has 4 unspecified atom stereocenters. The van der Waals surface area contributed by atoms with Gasteiger partial charge in [0.25, 0.3) is 5.08 Å². The monoisotopic (exact) mass is 254 g/mol. The normalized spacial score (nSPS) is 19.6. The van der Waals surface area contributed by atoms with Gasteiger partial charge in [0.2, 0.25) is 0 Å². The van der Waals surface area contributed by atoms with Crippen molar-refractivity contribution in [1.29, 1.82) is 0 Å². The van der Waals surface area contributed by atoms with Crippen molar-refractivity contribution in [3.8, 4) is 0 Å². The Labute approximate surface area is 98.5 Å². The summed E-state index contributed by atoms with van der Waals surface area (Å²) < 4.78 is 23.2. The van der Waals surface area contributed by atoms with E-state index >= 15 is 0 Å². The van der Waals surface area contributed by atoms with E-state index < -0.39 is 22.4 Å². The lowest BCUT2D eigenvalue weighted by Crippen LogP contribution is -2.40. The molecule has 0 rings (SSSR count). The van der Waals surface area contributed by atoms with Crippen LogP contribution in [0, 0.1) is 0 Å². The number of hydrogen-bond acceptors (Lipinski definition) is 4. The maximum absolute atomic E-state index is 11.6. The average Bonchev–Trinajstić information content (AvgIpc) is 2.18. The van der Waals surface area contributed by atoms with Crippen molar-refractivity contribution < 1.29 is 9.11 Å². The molecule has 0 aromatic carbocycles. The fraction of sp³-hybridized carbons (Fsp3) is 1.00.